The Hall–Kier alpha value is -1.88. The zero-order valence-corrected chi connectivity index (χ0v) is 11.9. The summed E-state index contributed by atoms with van der Waals surface area (Å²) >= 11 is 0. The van der Waals surface area contributed by atoms with Crippen molar-refractivity contribution in [3.05, 3.63) is 29.8 Å². The van der Waals surface area contributed by atoms with Crippen LogP contribution < -0.4 is 5.32 Å². The minimum absolute atomic E-state index is 0.0621. The van der Waals surface area contributed by atoms with E-state index in [2.05, 4.69) is 5.32 Å². The first kappa shape index (κ1) is 14.5. The molecule has 0 aromatic heterocycles. The third kappa shape index (κ3) is 3.36. The smallest absolute Gasteiger partial charge is 0.256 e. The van der Waals surface area contributed by atoms with E-state index in [-0.39, 0.29) is 17.7 Å². The van der Waals surface area contributed by atoms with Crippen LogP contribution in [0, 0.1) is 5.92 Å². The van der Waals surface area contributed by atoms with Crippen molar-refractivity contribution in [3.8, 4) is 0 Å². The Bertz CT molecular complexity index is 494. The predicted octanol–water partition coefficient (Wildman–Crippen LogP) is 1.75. The summed E-state index contributed by atoms with van der Waals surface area (Å²) in [7, 11) is 0. The number of para-hydroxylation sites is 1. The highest BCUT2D eigenvalue weighted by molar-refractivity contribution is 6.04. The van der Waals surface area contributed by atoms with Crippen LogP contribution in [-0.4, -0.2) is 43.0 Å². The van der Waals surface area contributed by atoms with Gasteiger partial charge in [0.1, 0.15) is 0 Å². The van der Waals surface area contributed by atoms with E-state index in [1.54, 1.807) is 23.1 Å². The van der Waals surface area contributed by atoms with Gasteiger partial charge in [-0.2, -0.15) is 0 Å². The summed E-state index contributed by atoms with van der Waals surface area (Å²) < 4.78 is 5.25. The average Bonchev–Trinajstić information content (AvgIpc) is 2.48. The first-order chi connectivity index (χ1) is 9.59. The van der Waals surface area contributed by atoms with Gasteiger partial charge in [-0.1, -0.05) is 26.0 Å². The van der Waals surface area contributed by atoms with Crippen molar-refractivity contribution < 1.29 is 14.3 Å². The van der Waals surface area contributed by atoms with Crippen LogP contribution in [0.4, 0.5) is 5.69 Å². The van der Waals surface area contributed by atoms with Crippen LogP contribution >= 0.6 is 0 Å². The van der Waals surface area contributed by atoms with Crippen molar-refractivity contribution in [1.82, 2.24) is 4.90 Å². The molecule has 1 heterocycles. The van der Waals surface area contributed by atoms with Crippen LogP contribution in [0.5, 0.6) is 0 Å². The van der Waals surface area contributed by atoms with Gasteiger partial charge in [-0.05, 0) is 12.1 Å². The van der Waals surface area contributed by atoms with Gasteiger partial charge in [-0.15, -0.1) is 0 Å². The first-order valence-electron chi connectivity index (χ1n) is 6.86. The lowest BCUT2D eigenvalue weighted by Crippen LogP contribution is -2.41. The Kier molecular flexibility index (Phi) is 4.74. The second-order valence-electron chi connectivity index (χ2n) is 5.09. The molecule has 20 heavy (non-hydrogen) atoms. The Labute approximate surface area is 118 Å². The molecule has 1 saturated heterocycles. The van der Waals surface area contributed by atoms with Crippen LogP contribution in [0.1, 0.15) is 24.2 Å². The summed E-state index contributed by atoms with van der Waals surface area (Å²) in [5.74, 6) is -0.276. The number of amides is 2. The lowest BCUT2D eigenvalue weighted by Gasteiger charge is -2.27. The van der Waals surface area contributed by atoms with Crippen molar-refractivity contribution in [2.24, 2.45) is 5.92 Å². The highest BCUT2D eigenvalue weighted by Crippen LogP contribution is 2.18. The molecule has 0 spiro atoms. The molecule has 1 fully saturated rings. The maximum absolute atomic E-state index is 12.5. The second kappa shape index (κ2) is 6.52. The minimum Gasteiger partial charge on any atom is -0.378 e. The highest BCUT2D eigenvalue weighted by Gasteiger charge is 2.21. The third-order valence-corrected chi connectivity index (χ3v) is 3.24. The number of rotatable bonds is 3. The molecule has 0 atom stereocenters. The molecule has 1 aliphatic heterocycles. The zero-order chi connectivity index (χ0) is 14.5. The van der Waals surface area contributed by atoms with Gasteiger partial charge in [-0.3, -0.25) is 9.59 Å². The lowest BCUT2D eigenvalue weighted by atomic mass is 10.1. The molecule has 0 saturated carbocycles. The van der Waals surface area contributed by atoms with Crippen LogP contribution in [0.15, 0.2) is 24.3 Å². The van der Waals surface area contributed by atoms with Crippen LogP contribution in [0.25, 0.3) is 0 Å². The van der Waals surface area contributed by atoms with E-state index in [0.717, 1.165) is 0 Å². The van der Waals surface area contributed by atoms with E-state index in [0.29, 0.717) is 37.6 Å². The Balaban J connectivity index is 2.18. The number of carbonyl (C=O) groups excluding carboxylic acids is 2. The van der Waals surface area contributed by atoms with E-state index in [4.69, 9.17) is 4.74 Å². The van der Waals surface area contributed by atoms with Crippen molar-refractivity contribution in [2.75, 3.05) is 31.6 Å². The summed E-state index contributed by atoms with van der Waals surface area (Å²) in [5.41, 5.74) is 1.10. The molecule has 1 aromatic rings. The summed E-state index contributed by atoms with van der Waals surface area (Å²) in [6.45, 7) is 5.94. The fraction of sp³-hybridized carbons (Fsp3) is 0.467. The highest BCUT2D eigenvalue weighted by atomic mass is 16.5. The summed E-state index contributed by atoms with van der Waals surface area (Å²) in [6.07, 6.45) is 0. The molecule has 2 amide bonds. The van der Waals surface area contributed by atoms with Crippen LogP contribution in [0.2, 0.25) is 0 Å². The van der Waals surface area contributed by atoms with Gasteiger partial charge >= 0.3 is 0 Å². The average molecular weight is 276 g/mol. The van der Waals surface area contributed by atoms with E-state index >= 15 is 0 Å². The zero-order valence-electron chi connectivity index (χ0n) is 11.9. The molecular weight excluding hydrogens is 256 g/mol. The van der Waals surface area contributed by atoms with Crippen molar-refractivity contribution in [1.29, 1.82) is 0 Å². The van der Waals surface area contributed by atoms with Gasteiger partial charge in [0.2, 0.25) is 5.91 Å². The van der Waals surface area contributed by atoms with Crippen molar-refractivity contribution in [3.63, 3.8) is 0 Å². The number of ether oxygens (including phenoxy) is 1. The first-order valence-corrected chi connectivity index (χ1v) is 6.86. The molecule has 0 bridgehead atoms. The standard InChI is InChI=1S/C15H20N2O3/c1-11(2)14(18)16-13-6-4-3-5-12(13)15(19)17-7-9-20-10-8-17/h3-6,11H,7-10H2,1-2H3,(H,16,18). The van der Waals surface area contributed by atoms with Gasteiger partial charge in [-0.25, -0.2) is 0 Å². The monoisotopic (exact) mass is 276 g/mol. The number of benzene rings is 1. The molecule has 0 unspecified atom stereocenters. The van der Waals surface area contributed by atoms with Crippen molar-refractivity contribution >= 4 is 17.5 Å². The number of hydrogen-bond donors (Lipinski definition) is 1. The molecule has 0 radical (unpaired) electrons. The fourth-order valence-electron chi connectivity index (χ4n) is 1.99. The van der Waals surface area contributed by atoms with Crippen LogP contribution in [0.3, 0.4) is 0 Å². The largest absolute Gasteiger partial charge is 0.378 e. The lowest BCUT2D eigenvalue weighted by molar-refractivity contribution is -0.118. The Morgan fingerprint density at radius 1 is 1.20 bits per heavy atom. The molecule has 1 aromatic carbocycles. The second-order valence-corrected chi connectivity index (χ2v) is 5.09. The molecule has 0 aliphatic carbocycles. The van der Waals surface area contributed by atoms with Crippen LogP contribution in [-0.2, 0) is 9.53 Å². The number of carbonyl (C=O) groups is 2. The minimum atomic E-state index is -0.124. The summed E-state index contributed by atoms with van der Waals surface area (Å²) in [5, 5.41) is 2.81. The number of nitrogens with zero attached hydrogens (tertiary/aromatic N) is 1. The molecule has 1 aliphatic rings. The molecule has 2 rings (SSSR count). The molecular formula is C15H20N2O3. The van der Waals surface area contributed by atoms with Gasteiger partial charge < -0.3 is 15.0 Å². The maximum atomic E-state index is 12.5. The van der Waals surface area contributed by atoms with E-state index < -0.39 is 0 Å². The molecule has 5 heteroatoms. The molecule has 5 nitrogen and oxygen atoms in total. The summed E-state index contributed by atoms with van der Waals surface area (Å²) in [4.78, 5) is 26.1. The number of anilines is 1. The molecule has 1 N–H and O–H groups in total. The topological polar surface area (TPSA) is 58.6 Å². The van der Waals surface area contributed by atoms with E-state index in [1.807, 2.05) is 19.9 Å². The number of morpholine rings is 1. The van der Waals surface area contributed by atoms with E-state index in [1.165, 1.54) is 0 Å². The van der Waals surface area contributed by atoms with Gasteiger partial charge in [0, 0.05) is 19.0 Å². The van der Waals surface area contributed by atoms with Crippen molar-refractivity contribution in [2.45, 2.75) is 13.8 Å². The predicted molar refractivity (Wildman–Crippen MR) is 76.6 cm³/mol. The Morgan fingerprint density at radius 3 is 2.50 bits per heavy atom. The number of hydrogen-bond acceptors (Lipinski definition) is 3. The third-order valence-electron chi connectivity index (χ3n) is 3.24. The Morgan fingerprint density at radius 2 is 1.85 bits per heavy atom. The van der Waals surface area contributed by atoms with Gasteiger partial charge in [0.15, 0.2) is 0 Å². The van der Waals surface area contributed by atoms with Gasteiger partial charge in [0.05, 0.1) is 24.5 Å². The SMILES string of the molecule is CC(C)C(=O)Nc1ccccc1C(=O)N1CCOCC1. The van der Waals surface area contributed by atoms with Gasteiger partial charge in [0.25, 0.3) is 5.91 Å². The molecule has 108 valence electrons. The van der Waals surface area contributed by atoms with E-state index in [9.17, 15) is 9.59 Å². The number of nitrogens with one attached hydrogen (secondary N) is 1. The summed E-state index contributed by atoms with van der Waals surface area (Å²) in [6, 6.07) is 7.12. The normalized spacial score (nSPS) is 15.2. The fourth-order valence-corrected chi connectivity index (χ4v) is 1.99. The maximum Gasteiger partial charge on any atom is 0.256 e. The quantitative estimate of drug-likeness (QED) is 0.915.